The fourth-order valence-electron chi connectivity index (χ4n) is 2.05. The topological polar surface area (TPSA) is 32.3 Å². The molecular weight excluding hydrogens is 230 g/mol. The van der Waals surface area contributed by atoms with Gasteiger partial charge in [-0.05, 0) is 30.0 Å². The molecule has 1 aromatic rings. The van der Waals surface area contributed by atoms with E-state index in [0.717, 1.165) is 24.5 Å². The molecule has 0 heterocycles. The molecular formula is C14H23NOS. The maximum atomic E-state index is 9.79. The third-order valence-corrected chi connectivity index (χ3v) is 3.89. The monoisotopic (exact) mass is 253 g/mol. The van der Waals surface area contributed by atoms with Crippen LogP contribution in [0, 0.1) is 0 Å². The Morgan fingerprint density at radius 2 is 1.94 bits per heavy atom. The van der Waals surface area contributed by atoms with Crippen LogP contribution in [0.15, 0.2) is 30.3 Å². The Morgan fingerprint density at radius 1 is 1.24 bits per heavy atom. The molecule has 0 aromatic heterocycles. The summed E-state index contributed by atoms with van der Waals surface area (Å²) in [6.07, 6.45) is 0.958. The van der Waals surface area contributed by atoms with E-state index in [9.17, 15) is 5.11 Å². The summed E-state index contributed by atoms with van der Waals surface area (Å²) in [7, 11) is 0. The molecule has 96 valence electrons. The smallest absolute Gasteiger partial charge is 0.0676 e. The lowest BCUT2D eigenvalue weighted by Gasteiger charge is -2.33. The Hall–Kier alpha value is -0.510. The van der Waals surface area contributed by atoms with Gasteiger partial charge in [-0.2, -0.15) is 11.8 Å². The lowest BCUT2D eigenvalue weighted by molar-refractivity contribution is 0.158. The van der Waals surface area contributed by atoms with Gasteiger partial charge in [-0.25, -0.2) is 0 Å². The third kappa shape index (κ3) is 4.02. The van der Waals surface area contributed by atoms with Crippen LogP contribution in [0.1, 0.15) is 25.8 Å². The number of benzene rings is 1. The molecule has 3 heteroatoms. The van der Waals surface area contributed by atoms with Crippen molar-refractivity contribution in [3.05, 3.63) is 35.9 Å². The van der Waals surface area contributed by atoms with Crippen molar-refractivity contribution in [2.45, 2.75) is 25.8 Å². The molecule has 1 unspecified atom stereocenters. The molecule has 0 fully saturated rings. The zero-order valence-corrected chi connectivity index (χ0v) is 11.6. The minimum absolute atomic E-state index is 0.148. The number of nitrogens with one attached hydrogen (secondary N) is 1. The summed E-state index contributed by atoms with van der Waals surface area (Å²) in [4.78, 5) is 0. The van der Waals surface area contributed by atoms with E-state index in [1.807, 2.05) is 30.0 Å². The Bertz CT molecular complexity index is 304. The van der Waals surface area contributed by atoms with E-state index in [2.05, 4.69) is 31.3 Å². The van der Waals surface area contributed by atoms with Crippen LogP contribution in [0.4, 0.5) is 0 Å². The van der Waals surface area contributed by atoms with Crippen molar-refractivity contribution in [1.29, 1.82) is 0 Å². The van der Waals surface area contributed by atoms with Crippen LogP contribution in [0.25, 0.3) is 0 Å². The zero-order valence-electron chi connectivity index (χ0n) is 10.8. The average Bonchev–Trinajstić information content (AvgIpc) is 2.39. The summed E-state index contributed by atoms with van der Waals surface area (Å²) in [5.41, 5.74) is 0.902. The van der Waals surface area contributed by atoms with Crippen LogP contribution in [-0.4, -0.2) is 29.8 Å². The largest absolute Gasteiger partial charge is 0.394 e. The molecule has 0 radical (unpaired) electrons. The number of hydrogen-bond donors (Lipinski definition) is 2. The number of aliphatic hydroxyl groups excluding tert-OH is 1. The Balaban J connectivity index is 2.83. The lowest BCUT2D eigenvalue weighted by Crippen LogP contribution is -2.46. The quantitative estimate of drug-likeness (QED) is 0.699. The van der Waals surface area contributed by atoms with Crippen molar-refractivity contribution in [3.63, 3.8) is 0 Å². The van der Waals surface area contributed by atoms with E-state index < -0.39 is 0 Å². The van der Waals surface area contributed by atoms with Crippen molar-refractivity contribution >= 4 is 11.8 Å². The first-order chi connectivity index (χ1) is 8.29. The summed E-state index contributed by atoms with van der Waals surface area (Å²) < 4.78 is 0. The highest BCUT2D eigenvalue weighted by molar-refractivity contribution is 7.99. The Kier molecular flexibility index (Phi) is 6.63. The minimum atomic E-state index is -0.280. The van der Waals surface area contributed by atoms with Gasteiger partial charge in [0.2, 0.25) is 0 Å². The number of likely N-dealkylation sites (N-methyl/N-ethyl adjacent to an activating group) is 1. The molecule has 17 heavy (non-hydrogen) atoms. The van der Waals surface area contributed by atoms with Crippen LogP contribution in [-0.2, 0) is 5.54 Å². The molecule has 0 bridgehead atoms. The highest BCUT2D eigenvalue weighted by atomic mass is 32.2. The lowest BCUT2D eigenvalue weighted by atomic mass is 9.88. The van der Waals surface area contributed by atoms with Crippen LogP contribution in [0.5, 0.6) is 0 Å². The van der Waals surface area contributed by atoms with Crippen LogP contribution in [0.3, 0.4) is 0 Å². The molecule has 0 aliphatic carbocycles. The number of hydrogen-bond acceptors (Lipinski definition) is 3. The van der Waals surface area contributed by atoms with Gasteiger partial charge < -0.3 is 10.4 Å². The van der Waals surface area contributed by atoms with E-state index >= 15 is 0 Å². The van der Waals surface area contributed by atoms with Gasteiger partial charge in [0.05, 0.1) is 12.1 Å². The predicted molar refractivity (Wildman–Crippen MR) is 76.5 cm³/mol. The van der Waals surface area contributed by atoms with Crippen LogP contribution < -0.4 is 5.32 Å². The van der Waals surface area contributed by atoms with Crippen molar-refractivity contribution in [1.82, 2.24) is 5.32 Å². The Labute approximate surface area is 109 Å². The standard InChI is InChI=1S/C14H23NOS/c1-3-15-14(12-16,10-11-17-4-2)13-8-6-5-7-9-13/h5-9,15-16H,3-4,10-12H2,1-2H3. The molecule has 0 saturated carbocycles. The van der Waals surface area contributed by atoms with Gasteiger partial charge in [0.25, 0.3) is 0 Å². The van der Waals surface area contributed by atoms with Crippen LogP contribution >= 0.6 is 11.8 Å². The van der Waals surface area contributed by atoms with Crippen LogP contribution in [0.2, 0.25) is 0 Å². The molecule has 1 atom stereocenters. The van der Waals surface area contributed by atoms with Crippen molar-refractivity contribution in [2.24, 2.45) is 0 Å². The summed E-state index contributed by atoms with van der Waals surface area (Å²) in [5.74, 6) is 2.20. The average molecular weight is 253 g/mol. The first kappa shape index (κ1) is 14.6. The number of rotatable bonds is 8. The van der Waals surface area contributed by atoms with Gasteiger partial charge in [-0.3, -0.25) is 0 Å². The van der Waals surface area contributed by atoms with E-state index in [1.165, 1.54) is 5.56 Å². The summed E-state index contributed by atoms with van der Waals surface area (Å²) >= 11 is 1.92. The molecule has 0 spiro atoms. The minimum Gasteiger partial charge on any atom is -0.394 e. The van der Waals surface area contributed by atoms with Gasteiger partial charge in [0, 0.05) is 0 Å². The van der Waals surface area contributed by atoms with E-state index in [-0.39, 0.29) is 12.1 Å². The third-order valence-electron chi connectivity index (χ3n) is 2.99. The highest BCUT2D eigenvalue weighted by Gasteiger charge is 2.29. The maximum Gasteiger partial charge on any atom is 0.0676 e. The fraction of sp³-hybridized carbons (Fsp3) is 0.571. The number of thioether (sulfide) groups is 1. The van der Waals surface area contributed by atoms with Gasteiger partial charge in [0.1, 0.15) is 0 Å². The molecule has 2 nitrogen and oxygen atoms in total. The molecule has 0 saturated heterocycles. The second-order valence-electron chi connectivity index (χ2n) is 4.08. The van der Waals surface area contributed by atoms with Crippen molar-refractivity contribution < 1.29 is 5.11 Å². The van der Waals surface area contributed by atoms with Crippen molar-refractivity contribution in [2.75, 3.05) is 24.7 Å². The van der Waals surface area contributed by atoms with Gasteiger partial charge in [-0.1, -0.05) is 44.2 Å². The normalized spacial score (nSPS) is 14.5. The summed E-state index contributed by atoms with van der Waals surface area (Å²) in [6.45, 7) is 5.27. The molecule has 1 rings (SSSR count). The van der Waals surface area contributed by atoms with Gasteiger partial charge in [0.15, 0.2) is 0 Å². The molecule has 0 aliphatic heterocycles. The first-order valence-electron chi connectivity index (χ1n) is 6.28. The molecule has 0 amide bonds. The Morgan fingerprint density at radius 3 is 2.47 bits per heavy atom. The second-order valence-corrected chi connectivity index (χ2v) is 5.48. The van der Waals surface area contributed by atoms with E-state index in [0.29, 0.717) is 0 Å². The molecule has 1 aromatic carbocycles. The van der Waals surface area contributed by atoms with Gasteiger partial charge >= 0.3 is 0 Å². The van der Waals surface area contributed by atoms with Gasteiger partial charge in [-0.15, -0.1) is 0 Å². The summed E-state index contributed by atoms with van der Waals surface area (Å²) in [5, 5.41) is 13.2. The zero-order chi connectivity index (χ0) is 12.6. The van der Waals surface area contributed by atoms with Crippen molar-refractivity contribution in [3.8, 4) is 0 Å². The maximum absolute atomic E-state index is 9.79. The fourth-order valence-corrected chi connectivity index (χ4v) is 2.83. The summed E-state index contributed by atoms with van der Waals surface area (Å²) in [6, 6.07) is 10.3. The predicted octanol–water partition coefficient (Wildman–Crippen LogP) is 2.63. The first-order valence-corrected chi connectivity index (χ1v) is 7.43. The SMILES string of the molecule is CCNC(CO)(CCSCC)c1ccccc1. The highest BCUT2D eigenvalue weighted by Crippen LogP contribution is 2.26. The second kappa shape index (κ2) is 7.75. The number of aliphatic hydroxyl groups is 1. The van der Waals surface area contributed by atoms with E-state index in [1.54, 1.807) is 0 Å². The molecule has 0 aliphatic rings. The van der Waals surface area contributed by atoms with E-state index in [4.69, 9.17) is 0 Å². The molecule has 2 N–H and O–H groups in total.